The normalized spacial score (nSPS) is 11.0. The van der Waals surface area contributed by atoms with Crippen molar-refractivity contribution in [2.24, 2.45) is 0 Å². The van der Waals surface area contributed by atoms with E-state index in [1.165, 1.54) is 0 Å². The third-order valence-electron chi connectivity index (χ3n) is 4.47. The first-order valence-electron chi connectivity index (χ1n) is 9.05. The maximum atomic E-state index is 12.8. The van der Waals surface area contributed by atoms with Crippen molar-refractivity contribution in [1.82, 2.24) is 14.3 Å². The molecule has 0 spiro atoms. The minimum Gasteiger partial charge on any atom is -0.319 e. The SMILES string of the molecule is Cc1ccn(CCc2ccccc2)c(=O)c1C(=O)Nc1cnn(C(C)C)c1. The van der Waals surface area contributed by atoms with Crippen molar-refractivity contribution < 1.29 is 4.79 Å². The molecule has 1 aromatic carbocycles. The van der Waals surface area contributed by atoms with Crippen LogP contribution in [0.3, 0.4) is 0 Å². The Morgan fingerprint density at radius 3 is 2.59 bits per heavy atom. The van der Waals surface area contributed by atoms with Crippen molar-refractivity contribution in [2.45, 2.75) is 39.8 Å². The summed E-state index contributed by atoms with van der Waals surface area (Å²) in [7, 11) is 0. The van der Waals surface area contributed by atoms with Crippen LogP contribution in [0.5, 0.6) is 0 Å². The summed E-state index contributed by atoms with van der Waals surface area (Å²) in [5, 5.41) is 6.99. The van der Waals surface area contributed by atoms with Crippen molar-refractivity contribution in [3.05, 3.63) is 82.0 Å². The largest absolute Gasteiger partial charge is 0.319 e. The molecule has 3 aromatic rings. The number of hydrogen-bond donors (Lipinski definition) is 1. The molecule has 0 unspecified atom stereocenters. The maximum absolute atomic E-state index is 12.8. The van der Waals surface area contributed by atoms with Crippen LogP contribution in [0.25, 0.3) is 0 Å². The van der Waals surface area contributed by atoms with Gasteiger partial charge in [0.15, 0.2) is 0 Å². The predicted molar refractivity (Wildman–Crippen MR) is 106 cm³/mol. The fraction of sp³-hybridized carbons (Fsp3) is 0.286. The molecule has 0 fully saturated rings. The molecule has 27 heavy (non-hydrogen) atoms. The molecule has 0 saturated heterocycles. The summed E-state index contributed by atoms with van der Waals surface area (Å²) in [4.78, 5) is 25.5. The smallest absolute Gasteiger partial charge is 0.263 e. The molecule has 6 nitrogen and oxygen atoms in total. The molecule has 2 heterocycles. The molecule has 0 aliphatic heterocycles. The number of nitrogens with one attached hydrogen (secondary N) is 1. The number of nitrogens with zero attached hydrogens (tertiary/aromatic N) is 3. The van der Waals surface area contributed by atoms with Gasteiger partial charge in [-0.1, -0.05) is 30.3 Å². The lowest BCUT2D eigenvalue weighted by atomic mass is 10.1. The van der Waals surface area contributed by atoms with Gasteiger partial charge in [-0.25, -0.2) is 0 Å². The van der Waals surface area contributed by atoms with Gasteiger partial charge in [-0.3, -0.25) is 14.3 Å². The second-order valence-corrected chi connectivity index (χ2v) is 6.86. The molecule has 1 N–H and O–H groups in total. The molecule has 0 aliphatic rings. The van der Waals surface area contributed by atoms with E-state index < -0.39 is 5.91 Å². The van der Waals surface area contributed by atoms with Gasteiger partial charge in [0.1, 0.15) is 5.56 Å². The van der Waals surface area contributed by atoms with Crippen LogP contribution in [-0.2, 0) is 13.0 Å². The van der Waals surface area contributed by atoms with Gasteiger partial charge >= 0.3 is 0 Å². The molecular formula is C21H24N4O2. The van der Waals surface area contributed by atoms with Crippen LogP contribution < -0.4 is 10.9 Å². The van der Waals surface area contributed by atoms with E-state index in [0.717, 1.165) is 12.0 Å². The maximum Gasteiger partial charge on any atom is 0.263 e. The van der Waals surface area contributed by atoms with Crippen LogP contribution in [0.1, 0.15) is 41.4 Å². The van der Waals surface area contributed by atoms with Crippen LogP contribution in [0.15, 0.2) is 59.8 Å². The van der Waals surface area contributed by atoms with Crippen LogP contribution >= 0.6 is 0 Å². The second kappa shape index (κ2) is 8.03. The Hall–Kier alpha value is -3.15. The molecule has 3 rings (SSSR count). The van der Waals surface area contributed by atoms with E-state index in [1.807, 2.05) is 44.2 Å². The Balaban J connectivity index is 1.79. The Bertz CT molecular complexity index is 987. The minimum atomic E-state index is -0.408. The van der Waals surface area contributed by atoms with Gasteiger partial charge in [0.05, 0.1) is 11.9 Å². The van der Waals surface area contributed by atoms with E-state index in [0.29, 0.717) is 17.8 Å². The third-order valence-corrected chi connectivity index (χ3v) is 4.47. The van der Waals surface area contributed by atoms with Crippen molar-refractivity contribution in [3.63, 3.8) is 0 Å². The van der Waals surface area contributed by atoms with Crippen LogP contribution in [0.2, 0.25) is 0 Å². The summed E-state index contributed by atoms with van der Waals surface area (Å²) in [5.74, 6) is -0.408. The molecule has 2 aromatic heterocycles. The number of carbonyl (C=O) groups excluding carboxylic acids is 1. The topological polar surface area (TPSA) is 68.9 Å². The van der Waals surface area contributed by atoms with Gasteiger partial charge < -0.3 is 9.88 Å². The third kappa shape index (κ3) is 4.34. The molecule has 6 heteroatoms. The van der Waals surface area contributed by atoms with Crippen LogP contribution in [0, 0.1) is 6.92 Å². The van der Waals surface area contributed by atoms with Gasteiger partial charge in [0.2, 0.25) is 0 Å². The Kier molecular flexibility index (Phi) is 5.54. The summed E-state index contributed by atoms with van der Waals surface area (Å²) in [6.45, 7) is 6.31. The number of hydrogen-bond acceptors (Lipinski definition) is 3. The zero-order chi connectivity index (χ0) is 19.4. The molecular weight excluding hydrogens is 340 g/mol. The quantitative estimate of drug-likeness (QED) is 0.728. The average molecular weight is 364 g/mol. The molecule has 140 valence electrons. The molecule has 0 radical (unpaired) electrons. The molecule has 0 bridgehead atoms. The van der Waals surface area contributed by atoms with Gasteiger partial charge in [-0.2, -0.15) is 5.10 Å². The van der Waals surface area contributed by atoms with E-state index in [1.54, 1.807) is 40.8 Å². The number of rotatable bonds is 6. The average Bonchev–Trinajstić information content (AvgIpc) is 3.11. The number of anilines is 1. The molecule has 1 amide bonds. The highest BCUT2D eigenvalue weighted by Crippen LogP contribution is 2.12. The summed E-state index contributed by atoms with van der Waals surface area (Å²) in [6, 6.07) is 12.0. The van der Waals surface area contributed by atoms with E-state index in [4.69, 9.17) is 0 Å². The number of aryl methyl sites for hydroxylation is 3. The number of amides is 1. The van der Waals surface area contributed by atoms with E-state index in [-0.39, 0.29) is 17.2 Å². The van der Waals surface area contributed by atoms with E-state index in [9.17, 15) is 9.59 Å². The van der Waals surface area contributed by atoms with Crippen molar-refractivity contribution in [1.29, 1.82) is 0 Å². The zero-order valence-corrected chi connectivity index (χ0v) is 15.8. The van der Waals surface area contributed by atoms with Crippen molar-refractivity contribution in [3.8, 4) is 0 Å². The predicted octanol–water partition coefficient (Wildman–Crippen LogP) is 3.43. The summed E-state index contributed by atoms with van der Waals surface area (Å²) in [5.41, 5.74) is 2.27. The lowest BCUT2D eigenvalue weighted by Crippen LogP contribution is -2.30. The summed E-state index contributed by atoms with van der Waals surface area (Å²) < 4.78 is 3.35. The Morgan fingerprint density at radius 2 is 1.93 bits per heavy atom. The summed E-state index contributed by atoms with van der Waals surface area (Å²) in [6.07, 6.45) is 5.82. The highest BCUT2D eigenvalue weighted by Gasteiger charge is 2.17. The van der Waals surface area contributed by atoms with E-state index >= 15 is 0 Å². The van der Waals surface area contributed by atoms with Crippen molar-refractivity contribution >= 4 is 11.6 Å². The first-order chi connectivity index (χ1) is 13.0. The van der Waals surface area contributed by atoms with Crippen molar-refractivity contribution in [2.75, 3.05) is 5.32 Å². The van der Waals surface area contributed by atoms with Gasteiger partial charge in [-0.15, -0.1) is 0 Å². The van der Waals surface area contributed by atoms with Gasteiger partial charge in [0, 0.05) is 25.0 Å². The van der Waals surface area contributed by atoms with Crippen LogP contribution in [-0.4, -0.2) is 20.3 Å². The first-order valence-corrected chi connectivity index (χ1v) is 9.05. The highest BCUT2D eigenvalue weighted by atomic mass is 16.2. The number of aromatic nitrogens is 3. The number of benzene rings is 1. The molecule has 0 saturated carbocycles. The number of carbonyl (C=O) groups is 1. The minimum absolute atomic E-state index is 0.169. The lowest BCUT2D eigenvalue weighted by molar-refractivity contribution is 0.102. The highest BCUT2D eigenvalue weighted by molar-refractivity contribution is 6.04. The molecule has 0 atom stereocenters. The standard InChI is InChI=1S/C21H24N4O2/c1-15(2)25-14-18(13-22-25)23-20(26)19-16(3)9-11-24(21(19)27)12-10-17-7-5-4-6-8-17/h4-9,11,13-15H,10,12H2,1-3H3,(H,23,26). The Morgan fingerprint density at radius 1 is 1.19 bits per heavy atom. The Labute approximate surface area is 158 Å². The van der Waals surface area contributed by atoms with Gasteiger partial charge in [0.25, 0.3) is 11.5 Å². The summed E-state index contributed by atoms with van der Waals surface area (Å²) >= 11 is 0. The zero-order valence-electron chi connectivity index (χ0n) is 15.8. The fourth-order valence-corrected chi connectivity index (χ4v) is 2.89. The lowest BCUT2D eigenvalue weighted by Gasteiger charge is -2.11. The van der Waals surface area contributed by atoms with E-state index in [2.05, 4.69) is 10.4 Å². The number of pyridine rings is 1. The monoisotopic (exact) mass is 364 g/mol. The van der Waals surface area contributed by atoms with Gasteiger partial charge in [-0.05, 0) is 44.4 Å². The second-order valence-electron chi connectivity index (χ2n) is 6.86. The first kappa shape index (κ1) is 18.6. The van der Waals surface area contributed by atoms with Crippen LogP contribution in [0.4, 0.5) is 5.69 Å². The fourth-order valence-electron chi connectivity index (χ4n) is 2.89. The molecule has 0 aliphatic carbocycles.